The minimum absolute atomic E-state index is 0.0580. The van der Waals surface area contributed by atoms with Gasteiger partial charge in [-0.1, -0.05) is 6.92 Å². The van der Waals surface area contributed by atoms with Crippen molar-refractivity contribution in [2.45, 2.75) is 13.3 Å². The highest BCUT2D eigenvalue weighted by molar-refractivity contribution is 5.92. The van der Waals surface area contributed by atoms with E-state index in [1.54, 1.807) is 0 Å². The summed E-state index contributed by atoms with van der Waals surface area (Å²) in [6.07, 6.45) is 0.931. The molecule has 17 heavy (non-hydrogen) atoms. The first-order valence-electron chi connectivity index (χ1n) is 4.62. The maximum atomic E-state index is 6.46. The summed E-state index contributed by atoms with van der Waals surface area (Å²) >= 11 is 0. The van der Waals surface area contributed by atoms with E-state index in [4.69, 9.17) is 39.8 Å². The third-order valence-electron chi connectivity index (χ3n) is 0.991. The summed E-state index contributed by atoms with van der Waals surface area (Å²) in [5.41, 5.74) is 29.7. The summed E-state index contributed by atoms with van der Waals surface area (Å²) in [6.45, 7) is 2.65. The number of nitrogens with one attached hydrogen (secondary N) is 1. The average Bonchev–Trinajstić information content (AvgIpc) is 2.12. The fraction of sp³-hybridized carbons (Fsp3) is 0.429. The molecule has 13 N–H and O–H groups in total. The molecule has 0 unspecified atom stereocenters. The second-order valence-electron chi connectivity index (χ2n) is 2.70. The zero-order chi connectivity index (χ0) is 13.8. The van der Waals surface area contributed by atoms with Gasteiger partial charge in [-0.3, -0.25) is 10.4 Å². The van der Waals surface area contributed by atoms with Crippen molar-refractivity contribution in [2.24, 2.45) is 49.4 Å². The first-order chi connectivity index (χ1) is 7.79. The molecule has 98 valence electrons. The summed E-state index contributed by atoms with van der Waals surface area (Å²) < 4.78 is 0. The van der Waals surface area contributed by atoms with Crippen LogP contribution in [0.15, 0.2) is 15.0 Å². The molecule has 0 saturated carbocycles. The Morgan fingerprint density at radius 2 is 1.41 bits per heavy atom. The van der Waals surface area contributed by atoms with E-state index in [-0.39, 0.29) is 23.8 Å². The lowest BCUT2D eigenvalue weighted by Gasteiger charge is -1.91. The van der Waals surface area contributed by atoms with Crippen molar-refractivity contribution in [1.29, 1.82) is 5.41 Å². The molecule has 0 saturated heterocycles. The first kappa shape index (κ1) is 16.9. The molecule has 0 aromatic heterocycles. The predicted molar refractivity (Wildman–Crippen MR) is 70.3 cm³/mol. The van der Waals surface area contributed by atoms with Crippen molar-refractivity contribution < 1.29 is 0 Å². The fourth-order valence-electron chi connectivity index (χ4n) is 0.533. The highest BCUT2D eigenvalue weighted by Crippen LogP contribution is 1.78. The molecule has 0 atom stereocenters. The lowest BCUT2D eigenvalue weighted by Crippen LogP contribution is -2.26. The summed E-state index contributed by atoms with van der Waals surface area (Å²) in [6, 6.07) is 0. The van der Waals surface area contributed by atoms with Crippen molar-refractivity contribution in [3.05, 3.63) is 0 Å². The van der Waals surface area contributed by atoms with Crippen LogP contribution in [-0.4, -0.2) is 30.4 Å². The fourth-order valence-corrected chi connectivity index (χ4v) is 0.533. The Bertz CT molecular complexity index is 307. The highest BCUT2D eigenvalue weighted by Gasteiger charge is 1.85. The van der Waals surface area contributed by atoms with Gasteiger partial charge < -0.3 is 34.4 Å². The number of guanidine groups is 4. The summed E-state index contributed by atoms with van der Waals surface area (Å²) in [5.74, 6) is -0.480. The zero-order valence-electron chi connectivity index (χ0n) is 9.72. The molecule has 0 aromatic carbocycles. The topological polar surface area (TPSA) is 217 Å². The van der Waals surface area contributed by atoms with Gasteiger partial charge in [-0.25, -0.2) is 0 Å². The molecule has 0 amide bonds. The van der Waals surface area contributed by atoms with Crippen LogP contribution in [0.4, 0.5) is 0 Å². The minimum atomic E-state index is -0.375. The molecule has 0 aliphatic heterocycles. The van der Waals surface area contributed by atoms with Crippen LogP contribution in [0.25, 0.3) is 0 Å². The second kappa shape index (κ2) is 10.0. The summed E-state index contributed by atoms with van der Waals surface area (Å²) in [7, 11) is 0. The number of hydrogen-bond donors (Lipinski definition) is 7. The molecule has 10 heteroatoms. The monoisotopic (exact) mass is 244 g/mol. The Balaban J connectivity index is 0. The van der Waals surface area contributed by atoms with Crippen molar-refractivity contribution in [3.63, 3.8) is 0 Å². The summed E-state index contributed by atoms with van der Waals surface area (Å²) in [4.78, 5) is 10.5. The van der Waals surface area contributed by atoms with Crippen LogP contribution in [0, 0.1) is 5.41 Å². The normalized spacial score (nSPS) is 9.59. The van der Waals surface area contributed by atoms with Crippen LogP contribution in [0.1, 0.15) is 13.3 Å². The van der Waals surface area contributed by atoms with Crippen LogP contribution in [0.5, 0.6) is 0 Å². The Morgan fingerprint density at radius 1 is 0.941 bits per heavy atom. The molecular weight excluding hydrogens is 224 g/mol. The van der Waals surface area contributed by atoms with Crippen LogP contribution in [0.3, 0.4) is 0 Å². The lowest BCUT2D eigenvalue weighted by molar-refractivity contribution is 0.927. The predicted octanol–water partition coefficient (Wildman–Crippen LogP) is -2.86. The molecule has 0 rings (SSSR count). The van der Waals surface area contributed by atoms with Crippen LogP contribution in [0.2, 0.25) is 0 Å². The molecule has 0 fully saturated rings. The van der Waals surface area contributed by atoms with Gasteiger partial charge in [0.2, 0.25) is 11.9 Å². The van der Waals surface area contributed by atoms with E-state index < -0.39 is 0 Å². The van der Waals surface area contributed by atoms with Gasteiger partial charge in [-0.2, -0.15) is 9.98 Å². The van der Waals surface area contributed by atoms with Gasteiger partial charge in [0.15, 0.2) is 11.9 Å². The number of aliphatic imine (C=N–C) groups is 3. The van der Waals surface area contributed by atoms with Gasteiger partial charge in [0.25, 0.3) is 0 Å². The maximum Gasteiger partial charge on any atom is 0.218 e. The zero-order valence-corrected chi connectivity index (χ0v) is 9.72. The number of nitrogens with zero attached hydrogens (tertiary/aromatic N) is 3. The van der Waals surface area contributed by atoms with E-state index in [2.05, 4.69) is 15.0 Å². The van der Waals surface area contributed by atoms with E-state index >= 15 is 0 Å². The molecule has 0 spiro atoms. The van der Waals surface area contributed by atoms with Gasteiger partial charge >= 0.3 is 0 Å². The molecule has 10 nitrogen and oxygen atoms in total. The molecular formula is C7H20N10. The van der Waals surface area contributed by atoms with E-state index in [0.717, 1.165) is 6.42 Å². The van der Waals surface area contributed by atoms with Gasteiger partial charge in [0.05, 0.1) is 0 Å². The highest BCUT2D eigenvalue weighted by atomic mass is 15.1. The summed E-state index contributed by atoms with van der Waals surface area (Å²) in [5, 5.41) is 6.46. The average molecular weight is 244 g/mol. The molecule has 0 heterocycles. The Morgan fingerprint density at radius 3 is 1.65 bits per heavy atom. The standard InChI is InChI=1S/C5H13N5.C2H7N5/c1-2-3-9-5(8)10-4(6)7;3-1(4)7-2(5)6/h2-3H2,1H3,(H6,6,7,8,9,10);(H7,3,4,5,6,7). The largest absolute Gasteiger partial charge is 0.370 e. The van der Waals surface area contributed by atoms with E-state index in [9.17, 15) is 0 Å². The number of rotatable bonds is 2. The molecule has 0 aliphatic carbocycles. The minimum Gasteiger partial charge on any atom is -0.370 e. The third kappa shape index (κ3) is 19.8. The van der Waals surface area contributed by atoms with Crippen molar-refractivity contribution in [1.82, 2.24) is 0 Å². The van der Waals surface area contributed by atoms with Crippen molar-refractivity contribution in [2.75, 3.05) is 6.54 Å². The lowest BCUT2D eigenvalue weighted by atomic mass is 10.5. The van der Waals surface area contributed by atoms with Crippen LogP contribution < -0.4 is 34.4 Å². The quantitative estimate of drug-likeness (QED) is 0.200. The van der Waals surface area contributed by atoms with Gasteiger partial charge in [-0.05, 0) is 6.42 Å². The second-order valence-corrected chi connectivity index (χ2v) is 2.70. The van der Waals surface area contributed by atoms with E-state index in [1.807, 2.05) is 6.92 Å². The maximum absolute atomic E-state index is 6.46. The first-order valence-corrected chi connectivity index (χ1v) is 4.62. The Hall–Kier alpha value is -2.52. The molecule has 0 aliphatic rings. The molecule has 0 aromatic rings. The van der Waals surface area contributed by atoms with Gasteiger partial charge in [0, 0.05) is 6.54 Å². The third-order valence-corrected chi connectivity index (χ3v) is 0.991. The van der Waals surface area contributed by atoms with E-state index in [0.29, 0.717) is 6.54 Å². The van der Waals surface area contributed by atoms with E-state index in [1.165, 1.54) is 0 Å². The number of hydrogen-bond acceptors (Lipinski definition) is 2. The van der Waals surface area contributed by atoms with Crippen LogP contribution >= 0.6 is 0 Å². The van der Waals surface area contributed by atoms with Crippen molar-refractivity contribution >= 4 is 23.8 Å². The Kier molecular flexibility index (Phi) is 9.95. The Labute approximate surface area is 99.3 Å². The van der Waals surface area contributed by atoms with Gasteiger partial charge in [0.1, 0.15) is 0 Å². The smallest absolute Gasteiger partial charge is 0.218 e. The van der Waals surface area contributed by atoms with Crippen molar-refractivity contribution in [3.8, 4) is 0 Å². The molecule has 0 bridgehead atoms. The van der Waals surface area contributed by atoms with Gasteiger partial charge in [-0.15, -0.1) is 0 Å². The number of nitrogens with two attached hydrogens (primary N) is 6. The van der Waals surface area contributed by atoms with Crippen LogP contribution in [-0.2, 0) is 0 Å². The SMILES string of the molecule is CCCN=C(N)N=C(N)N.N=C(N)N=C(N)N. The molecule has 0 radical (unpaired) electrons.